The molecule has 1 fully saturated rings. The Bertz CT molecular complexity index is 1010. The van der Waals surface area contributed by atoms with Gasteiger partial charge in [0.15, 0.2) is 0 Å². The molecular formula is C20H21N5O2. The first-order valence-electron chi connectivity index (χ1n) is 9.08. The van der Waals surface area contributed by atoms with Gasteiger partial charge in [-0.25, -0.2) is 9.67 Å². The second-order valence-corrected chi connectivity index (χ2v) is 6.81. The molecule has 3 aromatic rings. The lowest BCUT2D eigenvalue weighted by atomic mass is 10.1. The Labute approximate surface area is 157 Å². The molecule has 0 radical (unpaired) electrons. The number of hydrogen-bond acceptors (Lipinski definition) is 4. The summed E-state index contributed by atoms with van der Waals surface area (Å²) < 4.78 is 1.82. The van der Waals surface area contributed by atoms with Gasteiger partial charge in [-0.2, -0.15) is 5.10 Å². The average molecular weight is 363 g/mol. The third-order valence-electron chi connectivity index (χ3n) is 4.71. The third kappa shape index (κ3) is 3.67. The lowest BCUT2D eigenvalue weighted by Crippen LogP contribution is -2.34. The fourth-order valence-corrected chi connectivity index (χ4v) is 3.41. The summed E-state index contributed by atoms with van der Waals surface area (Å²) in [5, 5.41) is 8.06. The van der Waals surface area contributed by atoms with Gasteiger partial charge in [-0.1, -0.05) is 12.1 Å². The lowest BCUT2D eigenvalue weighted by molar-refractivity contribution is -0.133. The van der Waals surface area contributed by atoms with E-state index in [2.05, 4.69) is 15.4 Å². The number of fused-ring (bicyclic) bond motifs is 1. The number of amides is 2. The summed E-state index contributed by atoms with van der Waals surface area (Å²) in [5.41, 5.74) is 2.84. The van der Waals surface area contributed by atoms with Crippen molar-refractivity contribution in [3.8, 4) is 5.69 Å². The highest BCUT2D eigenvalue weighted by Gasteiger charge is 2.18. The van der Waals surface area contributed by atoms with Gasteiger partial charge in [0.25, 0.3) is 0 Å². The second-order valence-electron chi connectivity index (χ2n) is 6.81. The topological polar surface area (TPSA) is 80.1 Å². The quantitative estimate of drug-likeness (QED) is 0.773. The number of pyridine rings is 1. The fourth-order valence-electron chi connectivity index (χ4n) is 3.41. The van der Waals surface area contributed by atoms with Crippen LogP contribution in [0.15, 0.2) is 42.7 Å². The van der Waals surface area contributed by atoms with Gasteiger partial charge in [-0.05, 0) is 30.5 Å². The second kappa shape index (κ2) is 7.19. The van der Waals surface area contributed by atoms with E-state index in [-0.39, 0.29) is 11.8 Å². The van der Waals surface area contributed by atoms with Crippen LogP contribution in [0.1, 0.15) is 31.7 Å². The summed E-state index contributed by atoms with van der Waals surface area (Å²) in [6.45, 7) is 2.89. The van der Waals surface area contributed by atoms with Crippen molar-refractivity contribution in [1.82, 2.24) is 19.7 Å². The summed E-state index contributed by atoms with van der Waals surface area (Å²) in [5.74, 6) is 0.551. The highest BCUT2D eigenvalue weighted by molar-refractivity contribution is 5.90. The summed E-state index contributed by atoms with van der Waals surface area (Å²) >= 11 is 0. The summed E-state index contributed by atoms with van der Waals surface area (Å²) in [4.78, 5) is 29.5. The van der Waals surface area contributed by atoms with Crippen molar-refractivity contribution in [1.29, 1.82) is 0 Å². The van der Waals surface area contributed by atoms with Gasteiger partial charge in [0.05, 0.1) is 17.4 Å². The zero-order valence-electron chi connectivity index (χ0n) is 15.2. The molecule has 3 heterocycles. The number of carbonyl (C=O) groups is 2. The normalized spacial score (nSPS) is 14.6. The van der Waals surface area contributed by atoms with E-state index < -0.39 is 0 Å². The van der Waals surface area contributed by atoms with E-state index in [0.717, 1.165) is 41.5 Å². The van der Waals surface area contributed by atoms with Crippen LogP contribution < -0.4 is 5.32 Å². The number of aromatic nitrogens is 3. The van der Waals surface area contributed by atoms with E-state index in [9.17, 15) is 9.59 Å². The molecule has 2 aromatic heterocycles. The first-order chi connectivity index (χ1) is 13.1. The largest absolute Gasteiger partial charge is 0.338 e. The number of nitrogens with zero attached hydrogens (tertiary/aromatic N) is 4. The SMILES string of the molecule is CC(=O)Nc1cc2c(cn1)cnn2-c1cccc(CN2CCCCC2=O)c1. The number of benzene rings is 1. The predicted octanol–water partition coefficient (Wildman–Crippen LogP) is 2.89. The molecule has 1 aliphatic heterocycles. The van der Waals surface area contributed by atoms with Crippen LogP contribution in [0.5, 0.6) is 0 Å². The molecular weight excluding hydrogens is 342 g/mol. The standard InChI is InChI=1S/C20H21N5O2/c1-14(26)23-19-10-18-16(11-21-19)12-22-25(18)17-6-4-5-15(9-17)13-24-8-3-2-7-20(24)27/h4-6,9-12H,2-3,7-8,13H2,1H3,(H,21,23,26). The molecule has 0 bridgehead atoms. The molecule has 27 heavy (non-hydrogen) atoms. The summed E-state index contributed by atoms with van der Waals surface area (Å²) in [7, 11) is 0. The van der Waals surface area contributed by atoms with Crippen molar-refractivity contribution >= 4 is 28.5 Å². The zero-order chi connectivity index (χ0) is 18.8. The van der Waals surface area contributed by atoms with Crippen molar-refractivity contribution in [2.75, 3.05) is 11.9 Å². The molecule has 0 saturated carbocycles. The lowest BCUT2D eigenvalue weighted by Gasteiger charge is -2.26. The van der Waals surface area contributed by atoms with Crippen LogP contribution in [-0.4, -0.2) is 38.0 Å². The molecule has 0 atom stereocenters. The highest BCUT2D eigenvalue weighted by atomic mass is 16.2. The molecule has 7 heteroatoms. The maximum Gasteiger partial charge on any atom is 0.222 e. The van der Waals surface area contributed by atoms with Crippen molar-refractivity contribution in [2.45, 2.75) is 32.7 Å². The van der Waals surface area contributed by atoms with Gasteiger partial charge in [0.2, 0.25) is 11.8 Å². The van der Waals surface area contributed by atoms with Crippen LogP contribution in [0, 0.1) is 0 Å². The number of rotatable bonds is 4. The van der Waals surface area contributed by atoms with Gasteiger partial charge in [-0.15, -0.1) is 0 Å². The average Bonchev–Trinajstić information content (AvgIpc) is 3.07. The molecule has 1 aliphatic rings. The molecule has 4 rings (SSSR count). The monoisotopic (exact) mass is 363 g/mol. The van der Waals surface area contributed by atoms with Gasteiger partial charge in [-0.3, -0.25) is 9.59 Å². The van der Waals surface area contributed by atoms with E-state index in [1.165, 1.54) is 6.92 Å². The van der Waals surface area contributed by atoms with Crippen LogP contribution in [-0.2, 0) is 16.1 Å². The fraction of sp³-hybridized carbons (Fsp3) is 0.300. The Balaban J connectivity index is 1.65. The molecule has 0 spiro atoms. The molecule has 0 aliphatic carbocycles. The molecule has 2 amide bonds. The van der Waals surface area contributed by atoms with Gasteiger partial charge < -0.3 is 10.2 Å². The van der Waals surface area contributed by atoms with Crippen molar-refractivity contribution in [3.05, 3.63) is 48.3 Å². The minimum Gasteiger partial charge on any atom is -0.338 e. The molecule has 1 N–H and O–H groups in total. The van der Waals surface area contributed by atoms with Crippen LogP contribution in [0.2, 0.25) is 0 Å². The van der Waals surface area contributed by atoms with Crippen molar-refractivity contribution in [2.24, 2.45) is 0 Å². The summed E-state index contributed by atoms with van der Waals surface area (Å²) in [6.07, 6.45) is 6.14. The smallest absolute Gasteiger partial charge is 0.222 e. The first kappa shape index (κ1) is 17.2. The number of hydrogen-bond donors (Lipinski definition) is 1. The maximum atomic E-state index is 12.1. The van der Waals surface area contributed by atoms with Crippen LogP contribution >= 0.6 is 0 Å². The number of carbonyl (C=O) groups excluding carboxylic acids is 2. The van der Waals surface area contributed by atoms with Crippen LogP contribution in [0.3, 0.4) is 0 Å². The van der Waals surface area contributed by atoms with E-state index in [1.54, 1.807) is 12.4 Å². The van der Waals surface area contributed by atoms with Gasteiger partial charge >= 0.3 is 0 Å². The van der Waals surface area contributed by atoms with Crippen LogP contribution in [0.4, 0.5) is 5.82 Å². The van der Waals surface area contributed by atoms with E-state index >= 15 is 0 Å². The molecule has 0 unspecified atom stereocenters. The maximum absolute atomic E-state index is 12.1. The number of likely N-dealkylation sites (tertiary alicyclic amines) is 1. The summed E-state index contributed by atoms with van der Waals surface area (Å²) in [6, 6.07) is 9.84. The van der Waals surface area contributed by atoms with E-state index in [1.807, 2.05) is 39.9 Å². The molecule has 7 nitrogen and oxygen atoms in total. The predicted molar refractivity (Wildman–Crippen MR) is 102 cm³/mol. The molecule has 1 aromatic carbocycles. The minimum absolute atomic E-state index is 0.166. The Hall–Kier alpha value is -3.22. The Morgan fingerprint density at radius 1 is 1.22 bits per heavy atom. The minimum atomic E-state index is -0.166. The first-order valence-corrected chi connectivity index (χ1v) is 9.08. The zero-order valence-corrected chi connectivity index (χ0v) is 15.2. The third-order valence-corrected chi connectivity index (χ3v) is 4.71. The van der Waals surface area contributed by atoms with Crippen molar-refractivity contribution < 1.29 is 9.59 Å². The van der Waals surface area contributed by atoms with Gasteiger partial charge in [0.1, 0.15) is 5.82 Å². The Morgan fingerprint density at radius 3 is 2.93 bits per heavy atom. The molecule has 138 valence electrons. The number of nitrogens with one attached hydrogen (secondary N) is 1. The number of piperidine rings is 1. The van der Waals surface area contributed by atoms with E-state index in [0.29, 0.717) is 18.8 Å². The number of anilines is 1. The van der Waals surface area contributed by atoms with Gasteiger partial charge in [0, 0.05) is 44.1 Å². The highest BCUT2D eigenvalue weighted by Crippen LogP contribution is 2.22. The Morgan fingerprint density at radius 2 is 2.11 bits per heavy atom. The van der Waals surface area contributed by atoms with E-state index in [4.69, 9.17) is 0 Å². The Kier molecular flexibility index (Phi) is 4.58. The van der Waals surface area contributed by atoms with Crippen molar-refractivity contribution in [3.63, 3.8) is 0 Å². The van der Waals surface area contributed by atoms with Crippen LogP contribution in [0.25, 0.3) is 16.6 Å². The molecule has 1 saturated heterocycles.